The molecule has 1 aromatic carbocycles. The Balaban J connectivity index is 1.92. The van der Waals surface area contributed by atoms with Gasteiger partial charge in [-0.3, -0.25) is 4.98 Å². The maximum Gasteiger partial charge on any atom is 0.407 e. The van der Waals surface area contributed by atoms with Crippen molar-refractivity contribution in [3.63, 3.8) is 0 Å². The largest absolute Gasteiger partial charge is 0.444 e. The number of nitrogens with zero attached hydrogens (tertiary/aromatic N) is 3. The van der Waals surface area contributed by atoms with E-state index in [1.807, 2.05) is 45.2 Å². The van der Waals surface area contributed by atoms with E-state index < -0.39 is 5.60 Å². The number of hydrogen-bond acceptors (Lipinski definition) is 4. The van der Waals surface area contributed by atoms with E-state index in [0.29, 0.717) is 6.54 Å². The van der Waals surface area contributed by atoms with Crippen LogP contribution in [0.25, 0.3) is 21.9 Å². The number of nitrogens with one attached hydrogen (secondary N) is 1. The number of aromatic nitrogens is 3. The molecule has 30 heavy (non-hydrogen) atoms. The number of hydrogen-bond donors (Lipinski definition) is 1. The standard InChI is InChI=1S/C24H34N4O2/c1-7-8-13-20-27-19-14-25-18-12-10-9-11-17(18)21(19)28(20)16-24(5,6)15-26-22(29)30-23(2,3)4/h9-12,14H,7-8,13,15-16H2,1-6H3,(H,26,29). The summed E-state index contributed by atoms with van der Waals surface area (Å²) in [5.41, 5.74) is 2.33. The quantitative estimate of drug-likeness (QED) is 0.560. The molecule has 3 rings (SSSR count). The van der Waals surface area contributed by atoms with Crippen LogP contribution < -0.4 is 5.32 Å². The number of alkyl carbamates (subject to hydrolysis) is 1. The number of ether oxygens (including phenoxy) is 1. The lowest BCUT2D eigenvalue weighted by atomic mass is 9.93. The first kappa shape index (κ1) is 22.1. The van der Waals surface area contributed by atoms with Gasteiger partial charge in [0, 0.05) is 30.3 Å². The number of pyridine rings is 1. The number of amides is 1. The molecule has 0 saturated carbocycles. The first-order valence-corrected chi connectivity index (χ1v) is 10.8. The van der Waals surface area contributed by atoms with Gasteiger partial charge in [-0.05, 0) is 33.3 Å². The lowest BCUT2D eigenvalue weighted by Gasteiger charge is -2.28. The third-order valence-electron chi connectivity index (χ3n) is 5.01. The molecule has 0 fully saturated rings. The molecule has 6 heteroatoms. The molecular weight excluding hydrogens is 376 g/mol. The highest BCUT2D eigenvalue weighted by molar-refractivity contribution is 6.02. The van der Waals surface area contributed by atoms with E-state index in [-0.39, 0.29) is 11.5 Å². The van der Waals surface area contributed by atoms with Crippen molar-refractivity contribution in [3.8, 4) is 0 Å². The molecule has 0 atom stereocenters. The van der Waals surface area contributed by atoms with Crippen LogP contribution in [-0.4, -0.2) is 32.8 Å². The monoisotopic (exact) mass is 410 g/mol. The molecule has 0 aliphatic heterocycles. The Morgan fingerprint density at radius 2 is 1.87 bits per heavy atom. The van der Waals surface area contributed by atoms with Crippen LogP contribution in [0.1, 0.15) is 60.2 Å². The number of benzene rings is 1. The molecular formula is C24H34N4O2. The van der Waals surface area contributed by atoms with Gasteiger partial charge in [-0.15, -0.1) is 0 Å². The highest BCUT2D eigenvalue weighted by atomic mass is 16.6. The zero-order chi connectivity index (χ0) is 21.9. The number of unbranched alkanes of at least 4 members (excludes halogenated alkanes) is 1. The highest BCUT2D eigenvalue weighted by Gasteiger charge is 2.25. The van der Waals surface area contributed by atoms with Gasteiger partial charge >= 0.3 is 6.09 Å². The Labute approximate surface area is 179 Å². The molecule has 0 unspecified atom stereocenters. The van der Waals surface area contributed by atoms with Crippen LogP contribution in [0, 0.1) is 5.41 Å². The smallest absolute Gasteiger partial charge is 0.407 e. The van der Waals surface area contributed by atoms with E-state index in [4.69, 9.17) is 9.72 Å². The van der Waals surface area contributed by atoms with Gasteiger partial charge in [0.05, 0.1) is 17.2 Å². The van der Waals surface area contributed by atoms with Crippen molar-refractivity contribution in [1.29, 1.82) is 0 Å². The summed E-state index contributed by atoms with van der Waals surface area (Å²) in [6.45, 7) is 13.4. The third kappa shape index (κ3) is 5.29. The summed E-state index contributed by atoms with van der Waals surface area (Å²) in [4.78, 5) is 21.6. The van der Waals surface area contributed by atoms with Crippen LogP contribution in [0.15, 0.2) is 30.5 Å². The van der Waals surface area contributed by atoms with Gasteiger partial charge < -0.3 is 14.6 Å². The second-order valence-corrected chi connectivity index (χ2v) is 9.75. The second kappa shape index (κ2) is 8.62. The fourth-order valence-corrected chi connectivity index (χ4v) is 3.62. The van der Waals surface area contributed by atoms with Crippen molar-refractivity contribution >= 4 is 28.0 Å². The van der Waals surface area contributed by atoms with E-state index in [1.165, 1.54) is 0 Å². The normalized spacial score (nSPS) is 12.5. The molecule has 2 heterocycles. The highest BCUT2D eigenvalue weighted by Crippen LogP contribution is 2.29. The fourth-order valence-electron chi connectivity index (χ4n) is 3.62. The average Bonchev–Trinajstić information content (AvgIpc) is 3.01. The van der Waals surface area contributed by atoms with Crippen LogP contribution in [0.3, 0.4) is 0 Å². The number of rotatable bonds is 7. The van der Waals surface area contributed by atoms with Crippen LogP contribution in [0.4, 0.5) is 4.79 Å². The Morgan fingerprint density at radius 1 is 1.13 bits per heavy atom. The minimum Gasteiger partial charge on any atom is -0.444 e. The molecule has 3 aromatic rings. The Kier molecular flexibility index (Phi) is 6.34. The van der Waals surface area contributed by atoms with Crippen LogP contribution in [-0.2, 0) is 17.7 Å². The van der Waals surface area contributed by atoms with E-state index in [9.17, 15) is 4.79 Å². The van der Waals surface area contributed by atoms with Crippen LogP contribution in [0.5, 0.6) is 0 Å². The average molecular weight is 411 g/mol. The summed E-state index contributed by atoms with van der Waals surface area (Å²) in [6, 6.07) is 8.20. The van der Waals surface area contributed by atoms with E-state index >= 15 is 0 Å². The molecule has 1 amide bonds. The van der Waals surface area contributed by atoms with E-state index in [1.54, 1.807) is 0 Å². The predicted molar refractivity (Wildman–Crippen MR) is 122 cm³/mol. The molecule has 1 N–H and O–H groups in total. The Bertz CT molecular complexity index is 1030. The maximum absolute atomic E-state index is 12.1. The lowest BCUT2D eigenvalue weighted by Crippen LogP contribution is -2.39. The minimum absolute atomic E-state index is 0.185. The minimum atomic E-state index is -0.506. The molecule has 2 aromatic heterocycles. The molecule has 0 aliphatic carbocycles. The predicted octanol–water partition coefficient (Wildman–Crippen LogP) is 5.48. The number of carbonyl (C=O) groups is 1. The Hall–Kier alpha value is -2.63. The van der Waals surface area contributed by atoms with Gasteiger partial charge in [-0.2, -0.15) is 0 Å². The molecule has 0 spiro atoms. The number of fused-ring (bicyclic) bond motifs is 3. The number of imidazole rings is 1. The Morgan fingerprint density at radius 3 is 2.57 bits per heavy atom. The van der Waals surface area contributed by atoms with E-state index in [2.05, 4.69) is 41.7 Å². The summed E-state index contributed by atoms with van der Waals surface area (Å²) in [7, 11) is 0. The summed E-state index contributed by atoms with van der Waals surface area (Å²) >= 11 is 0. The van der Waals surface area contributed by atoms with Crippen molar-refractivity contribution in [2.45, 2.75) is 73.0 Å². The van der Waals surface area contributed by atoms with Gasteiger partial charge in [0.25, 0.3) is 0 Å². The maximum atomic E-state index is 12.1. The van der Waals surface area contributed by atoms with Gasteiger partial charge in [0.1, 0.15) is 16.9 Å². The molecule has 0 radical (unpaired) electrons. The van der Waals surface area contributed by atoms with Crippen molar-refractivity contribution < 1.29 is 9.53 Å². The zero-order valence-electron chi connectivity index (χ0n) is 19.1. The molecule has 162 valence electrons. The van der Waals surface area contributed by atoms with E-state index in [0.717, 1.165) is 53.6 Å². The number of aryl methyl sites for hydroxylation is 1. The van der Waals surface area contributed by atoms with Gasteiger partial charge in [0.15, 0.2) is 0 Å². The molecule has 6 nitrogen and oxygen atoms in total. The van der Waals surface area contributed by atoms with Crippen LogP contribution >= 0.6 is 0 Å². The first-order chi connectivity index (χ1) is 14.1. The number of para-hydroxylation sites is 1. The molecule has 0 aliphatic rings. The summed E-state index contributed by atoms with van der Waals surface area (Å²) in [6.07, 6.45) is 4.62. The summed E-state index contributed by atoms with van der Waals surface area (Å²) in [5, 5.41) is 4.04. The topological polar surface area (TPSA) is 69.0 Å². The number of carbonyl (C=O) groups excluding carboxylic acids is 1. The zero-order valence-corrected chi connectivity index (χ0v) is 19.1. The summed E-state index contributed by atoms with van der Waals surface area (Å²) < 4.78 is 7.72. The van der Waals surface area contributed by atoms with Gasteiger partial charge in [-0.25, -0.2) is 9.78 Å². The lowest BCUT2D eigenvalue weighted by molar-refractivity contribution is 0.0502. The summed E-state index contributed by atoms with van der Waals surface area (Å²) in [5.74, 6) is 1.08. The van der Waals surface area contributed by atoms with Crippen molar-refractivity contribution in [3.05, 3.63) is 36.3 Å². The van der Waals surface area contributed by atoms with Crippen molar-refractivity contribution in [2.24, 2.45) is 5.41 Å². The SMILES string of the molecule is CCCCc1nc2cnc3ccccc3c2n1CC(C)(C)CNC(=O)OC(C)(C)C. The molecule has 0 saturated heterocycles. The first-order valence-electron chi connectivity index (χ1n) is 10.8. The van der Waals surface area contributed by atoms with Gasteiger partial charge in [0.2, 0.25) is 0 Å². The third-order valence-corrected chi connectivity index (χ3v) is 5.01. The van der Waals surface area contributed by atoms with Crippen molar-refractivity contribution in [2.75, 3.05) is 6.54 Å². The van der Waals surface area contributed by atoms with Gasteiger partial charge in [-0.1, -0.05) is 45.4 Å². The second-order valence-electron chi connectivity index (χ2n) is 9.75. The van der Waals surface area contributed by atoms with Crippen molar-refractivity contribution in [1.82, 2.24) is 19.9 Å². The fraction of sp³-hybridized carbons (Fsp3) is 0.542. The van der Waals surface area contributed by atoms with Crippen LogP contribution in [0.2, 0.25) is 0 Å². The molecule has 0 bridgehead atoms.